The molecule has 3 nitrogen and oxygen atoms in total. The number of urea groups is 1. The molecule has 2 aliphatic rings. The summed E-state index contributed by atoms with van der Waals surface area (Å²) in [5.74, 6) is -1.24. The van der Waals surface area contributed by atoms with Crippen molar-refractivity contribution < 1.29 is 13.6 Å². The first-order valence-corrected chi connectivity index (χ1v) is 6.16. The van der Waals surface area contributed by atoms with Crippen molar-refractivity contribution in [3.63, 3.8) is 0 Å². The highest BCUT2D eigenvalue weighted by molar-refractivity contribution is 5.89. The molecule has 0 aromatic heterocycles. The van der Waals surface area contributed by atoms with Crippen LogP contribution in [0.2, 0.25) is 0 Å². The smallest absolute Gasteiger partial charge is 0.321 e. The average molecular weight is 252 g/mol. The maximum absolute atomic E-state index is 13.0. The molecule has 0 spiro atoms. The van der Waals surface area contributed by atoms with Crippen molar-refractivity contribution in [1.82, 2.24) is 4.90 Å². The second-order valence-electron chi connectivity index (χ2n) is 5.04. The third-order valence-corrected chi connectivity index (χ3v) is 3.84. The minimum absolute atomic E-state index is 0.215. The first-order chi connectivity index (χ1) is 8.63. The molecule has 2 fully saturated rings. The fraction of sp³-hybridized carbons (Fsp3) is 0.462. The third-order valence-electron chi connectivity index (χ3n) is 3.84. The number of anilines is 1. The van der Waals surface area contributed by atoms with E-state index in [1.54, 1.807) is 4.90 Å². The molecule has 1 aromatic rings. The molecule has 1 saturated carbocycles. The topological polar surface area (TPSA) is 32.3 Å². The van der Waals surface area contributed by atoms with Gasteiger partial charge in [-0.15, -0.1) is 0 Å². The van der Waals surface area contributed by atoms with Crippen LogP contribution in [0.25, 0.3) is 0 Å². The lowest BCUT2D eigenvalue weighted by molar-refractivity contribution is 0.194. The molecule has 1 aliphatic carbocycles. The molecule has 2 amide bonds. The number of rotatable bonds is 1. The van der Waals surface area contributed by atoms with E-state index in [9.17, 15) is 13.6 Å². The predicted molar refractivity (Wildman–Crippen MR) is 63.2 cm³/mol. The van der Waals surface area contributed by atoms with Crippen molar-refractivity contribution >= 4 is 11.7 Å². The fourth-order valence-electron chi connectivity index (χ4n) is 2.94. The van der Waals surface area contributed by atoms with E-state index in [0.717, 1.165) is 31.5 Å². The lowest BCUT2D eigenvalue weighted by Crippen LogP contribution is -2.40. The first-order valence-electron chi connectivity index (χ1n) is 6.16. The van der Waals surface area contributed by atoms with Gasteiger partial charge in [-0.05, 0) is 37.3 Å². The van der Waals surface area contributed by atoms with E-state index in [4.69, 9.17) is 0 Å². The second kappa shape index (κ2) is 4.23. The van der Waals surface area contributed by atoms with Gasteiger partial charge in [-0.1, -0.05) is 0 Å². The molecule has 2 unspecified atom stereocenters. The molecule has 5 heteroatoms. The maximum Gasteiger partial charge on any atom is 0.322 e. The van der Waals surface area contributed by atoms with Crippen molar-refractivity contribution in [2.24, 2.45) is 5.92 Å². The Hall–Kier alpha value is -1.65. The van der Waals surface area contributed by atoms with Gasteiger partial charge in [0.2, 0.25) is 0 Å². The van der Waals surface area contributed by atoms with Crippen LogP contribution in [-0.4, -0.2) is 23.5 Å². The fourth-order valence-corrected chi connectivity index (χ4v) is 2.94. The summed E-state index contributed by atoms with van der Waals surface area (Å²) in [6.45, 7) is 0.778. The maximum atomic E-state index is 13.0. The molecule has 1 saturated heterocycles. The Morgan fingerprint density at radius 3 is 2.72 bits per heavy atom. The highest BCUT2D eigenvalue weighted by Gasteiger charge is 2.40. The number of hydrogen-bond donors (Lipinski definition) is 1. The predicted octanol–water partition coefficient (Wildman–Crippen LogP) is 2.98. The van der Waals surface area contributed by atoms with E-state index in [-0.39, 0.29) is 6.03 Å². The van der Waals surface area contributed by atoms with Gasteiger partial charge < -0.3 is 10.2 Å². The Bertz CT molecular complexity index is 492. The summed E-state index contributed by atoms with van der Waals surface area (Å²) in [4.78, 5) is 13.8. The molecule has 18 heavy (non-hydrogen) atoms. The summed E-state index contributed by atoms with van der Waals surface area (Å²) in [5, 5.41) is 2.62. The van der Waals surface area contributed by atoms with E-state index in [2.05, 4.69) is 5.32 Å². The van der Waals surface area contributed by atoms with Gasteiger partial charge in [-0.3, -0.25) is 0 Å². The summed E-state index contributed by atoms with van der Waals surface area (Å²) >= 11 is 0. The average Bonchev–Trinajstić information content (AvgIpc) is 2.96. The van der Waals surface area contributed by atoms with Crippen molar-refractivity contribution in [2.75, 3.05) is 11.9 Å². The van der Waals surface area contributed by atoms with Crippen molar-refractivity contribution in [1.29, 1.82) is 0 Å². The van der Waals surface area contributed by atoms with Crippen LogP contribution in [0, 0.1) is 17.6 Å². The monoisotopic (exact) mass is 252 g/mol. The highest BCUT2D eigenvalue weighted by atomic mass is 19.2. The number of benzene rings is 1. The first kappa shape index (κ1) is 11.4. The van der Waals surface area contributed by atoms with Gasteiger partial charge in [0.25, 0.3) is 0 Å². The zero-order chi connectivity index (χ0) is 12.7. The molecule has 1 aliphatic heterocycles. The van der Waals surface area contributed by atoms with Gasteiger partial charge in [0.15, 0.2) is 11.6 Å². The minimum atomic E-state index is -0.948. The normalized spacial score (nSPS) is 25.6. The van der Waals surface area contributed by atoms with Crippen LogP contribution in [0.1, 0.15) is 19.3 Å². The molecular weight excluding hydrogens is 238 g/mol. The van der Waals surface area contributed by atoms with Gasteiger partial charge in [0.05, 0.1) is 0 Å². The summed E-state index contributed by atoms with van der Waals surface area (Å²) in [6.07, 6.45) is 3.32. The van der Waals surface area contributed by atoms with E-state index >= 15 is 0 Å². The highest BCUT2D eigenvalue weighted by Crippen LogP contribution is 2.37. The van der Waals surface area contributed by atoms with Crippen molar-refractivity contribution in [2.45, 2.75) is 25.3 Å². The Kier molecular flexibility index (Phi) is 2.69. The van der Waals surface area contributed by atoms with Gasteiger partial charge >= 0.3 is 6.03 Å². The van der Waals surface area contributed by atoms with Gasteiger partial charge in [0.1, 0.15) is 0 Å². The zero-order valence-corrected chi connectivity index (χ0v) is 9.83. The summed E-state index contributed by atoms with van der Waals surface area (Å²) in [6, 6.07) is 3.49. The lowest BCUT2D eigenvalue weighted by atomic mass is 10.1. The lowest BCUT2D eigenvalue weighted by Gasteiger charge is -2.27. The number of halogens is 2. The molecule has 2 atom stereocenters. The van der Waals surface area contributed by atoms with Crippen LogP contribution in [0.4, 0.5) is 19.3 Å². The third kappa shape index (κ3) is 1.94. The Labute approximate surface area is 104 Å². The van der Waals surface area contributed by atoms with Gasteiger partial charge in [0, 0.05) is 24.3 Å². The largest absolute Gasteiger partial charge is 0.322 e. The molecule has 1 heterocycles. The standard InChI is InChI=1S/C13H14F2N2O/c14-11-4-2-9(6-12(11)15)16-13(18)17-7-8-1-3-10(17)5-8/h2,4,6,8,10H,1,3,5,7H2,(H,16,18). The van der Waals surface area contributed by atoms with Crippen LogP contribution >= 0.6 is 0 Å². The Balaban J connectivity index is 1.69. The van der Waals surface area contributed by atoms with E-state index in [1.807, 2.05) is 0 Å². The number of nitrogens with one attached hydrogen (secondary N) is 1. The second-order valence-corrected chi connectivity index (χ2v) is 5.04. The van der Waals surface area contributed by atoms with E-state index in [1.165, 1.54) is 12.5 Å². The summed E-state index contributed by atoms with van der Waals surface area (Å²) < 4.78 is 25.8. The van der Waals surface area contributed by atoms with Crippen molar-refractivity contribution in [3.8, 4) is 0 Å². The van der Waals surface area contributed by atoms with Crippen LogP contribution in [0.5, 0.6) is 0 Å². The van der Waals surface area contributed by atoms with Gasteiger partial charge in [-0.25, -0.2) is 13.6 Å². The molecule has 1 aromatic carbocycles. The van der Waals surface area contributed by atoms with Crippen LogP contribution in [-0.2, 0) is 0 Å². The summed E-state index contributed by atoms with van der Waals surface area (Å²) in [7, 11) is 0. The van der Waals surface area contributed by atoms with Gasteiger partial charge in [-0.2, -0.15) is 0 Å². The van der Waals surface area contributed by atoms with Crippen molar-refractivity contribution in [3.05, 3.63) is 29.8 Å². The molecular formula is C13H14F2N2O. The van der Waals surface area contributed by atoms with Crippen LogP contribution in [0.15, 0.2) is 18.2 Å². The minimum Gasteiger partial charge on any atom is -0.321 e. The molecule has 96 valence electrons. The molecule has 2 bridgehead atoms. The quantitative estimate of drug-likeness (QED) is 0.818. The SMILES string of the molecule is O=C(Nc1ccc(F)c(F)c1)N1CC2CCC1C2. The number of carbonyl (C=O) groups excluding carboxylic acids is 1. The Morgan fingerprint density at radius 1 is 1.28 bits per heavy atom. The number of fused-ring (bicyclic) bond motifs is 2. The van der Waals surface area contributed by atoms with Crippen LogP contribution in [0.3, 0.4) is 0 Å². The number of likely N-dealkylation sites (tertiary alicyclic amines) is 1. The van der Waals surface area contributed by atoms with Crippen LogP contribution < -0.4 is 5.32 Å². The number of nitrogens with zero attached hydrogens (tertiary/aromatic N) is 1. The number of amides is 2. The molecule has 3 rings (SSSR count). The zero-order valence-electron chi connectivity index (χ0n) is 9.83. The van der Waals surface area contributed by atoms with E-state index < -0.39 is 11.6 Å². The molecule has 1 N–H and O–H groups in total. The number of hydrogen-bond acceptors (Lipinski definition) is 1. The Morgan fingerprint density at radius 2 is 2.11 bits per heavy atom. The van der Waals surface area contributed by atoms with E-state index in [0.29, 0.717) is 17.6 Å². The summed E-state index contributed by atoms with van der Waals surface area (Å²) in [5.41, 5.74) is 0.293. The molecule has 0 radical (unpaired) electrons. The number of carbonyl (C=O) groups is 1. The number of piperidine rings is 1.